The predicted octanol–water partition coefficient (Wildman–Crippen LogP) is 0.793. The second-order valence-electron chi connectivity index (χ2n) is 6.38. The summed E-state index contributed by atoms with van der Waals surface area (Å²) in [6, 6.07) is 9.87. The van der Waals surface area contributed by atoms with Crippen molar-refractivity contribution in [3.8, 4) is 11.1 Å². The second kappa shape index (κ2) is 6.42. The number of methoxy groups -OCH3 is 1. The van der Waals surface area contributed by atoms with Gasteiger partial charge in [0.05, 0.1) is 24.0 Å². The first-order chi connectivity index (χ1) is 12.6. The Morgan fingerprint density at radius 1 is 1.27 bits per heavy atom. The average Bonchev–Trinajstić information content (AvgIpc) is 3.20. The smallest absolute Gasteiger partial charge is 0.287 e. The van der Waals surface area contributed by atoms with Crippen LogP contribution in [-0.4, -0.2) is 41.0 Å². The maximum absolute atomic E-state index is 13.1. The van der Waals surface area contributed by atoms with Crippen molar-refractivity contribution >= 4 is 11.5 Å². The summed E-state index contributed by atoms with van der Waals surface area (Å²) in [6.45, 7) is 4.66. The molecule has 4 rings (SSSR count). The van der Waals surface area contributed by atoms with Crippen molar-refractivity contribution in [2.24, 2.45) is 0 Å². The van der Waals surface area contributed by atoms with Crippen molar-refractivity contribution in [3.63, 3.8) is 0 Å². The monoisotopic (exact) mass is 352 g/mol. The zero-order valence-electron chi connectivity index (χ0n) is 14.9. The molecular formula is C19H20N4O3. The number of ether oxygens (including phenoxy) is 2. The van der Waals surface area contributed by atoms with Crippen molar-refractivity contribution in [1.29, 1.82) is 0 Å². The van der Waals surface area contributed by atoms with E-state index in [4.69, 9.17) is 9.47 Å². The molecular weight excluding hydrogens is 332 g/mol. The van der Waals surface area contributed by atoms with Crippen molar-refractivity contribution in [1.82, 2.24) is 19.9 Å². The third kappa shape index (κ3) is 2.61. The van der Waals surface area contributed by atoms with Crippen LogP contribution in [0.1, 0.15) is 11.4 Å². The maximum Gasteiger partial charge on any atom is 0.287 e. The number of fused-ring (bicyclic) bond motifs is 1. The highest BCUT2D eigenvalue weighted by Gasteiger charge is 2.24. The molecule has 1 aliphatic heterocycles. The van der Waals surface area contributed by atoms with E-state index in [9.17, 15) is 4.79 Å². The lowest BCUT2D eigenvalue weighted by Crippen LogP contribution is -2.40. The molecule has 0 unspecified atom stereocenters. The maximum atomic E-state index is 13.1. The van der Waals surface area contributed by atoms with Gasteiger partial charge in [0.25, 0.3) is 5.56 Å². The second-order valence-corrected chi connectivity index (χ2v) is 6.38. The number of aromatic nitrogens is 3. The highest BCUT2D eigenvalue weighted by molar-refractivity contribution is 5.79. The van der Waals surface area contributed by atoms with Gasteiger partial charge in [-0.05, 0) is 19.4 Å². The van der Waals surface area contributed by atoms with E-state index in [-0.39, 0.29) is 11.6 Å². The molecule has 0 bridgehead atoms. The van der Waals surface area contributed by atoms with Gasteiger partial charge >= 0.3 is 0 Å². The first-order valence-corrected chi connectivity index (χ1v) is 8.48. The van der Waals surface area contributed by atoms with Crippen molar-refractivity contribution in [3.05, 3.63) is 57.3 Å². The Balaban J connectivity index is 1.94. The number of benzene rings is 1. The quantitative estimate of drug-likeness (QED) is 0.751. The van der Waals surface area contributed by atoms with Gasteiger partial charge < -0.3 is 14.8 Å². The lowest BCUT2D eigenvalue weighted by atomic mass is 10.1. The molecule has 3 heterocycles. The fraction of sp³-hybridized carbons (Fsp3) is 0.316. The van der Waals surface area contributed by atoms with E-state index in [0.717, 1.165) is 16.8 Å². The van der Waals surface area contributed by atoms with Gasteiger partial charge in [0.2, 0.25) is 5.88 Å². The molecule has 1 saturated heterocycles. The molecule has 134 valence electrons. The topological polar surface area (TPSA) is 77.8 Å². The summed E-state index contributed by atoms with van der Waals surface area (Å²) in [6.07, 6.45) is 0. The third-order valence-corrected chi connectivity index (χ3v) is 4.50. The first kappa shape index (κ1) is 16.5. The summed E-state index contributed by atoms with van der Waals surface area (Å²) >= 11 is 0. The van der Waals surface area contributed by atoms with Crippen molar-refractivity contribution in [2.75, 3.05) is 20.3 Å². The molecule has 1 fully saturated rings. The third-order valence-electron chi connectivity index (χ3n) is 4.50. The molecule has 1 aromatic carbocycles. The van der Waals surface area contributed by atoms with E-state index in [2.05, 4.69) is 15.4 Å². The summed E-state index contributed by atoms with van der Waals surface area (Å²) in [5.74, 6) is 0.443. The zero-order chi connectivity index (χ0) is 18.3. The molecule has 0 amide bonds. The Kier molecular flexibility index (Phi) is 4.08. The van der Waals surface area contributed by atoms with E-state index in [1.807, 2.05) is 44.2 Å². The summed E-state index contributed by atoms with van der Waals surface area (Å²) in [5, 5.41) is 8.05. The fourth-order valence-corrected chi connectivity index (χ4v) is 3.33. The van der Waals surface area contributed by atoms with Gasteiger partial charge in [0.1, 0.15) is 11.8 Å². The Labute approximate surface area is 150 Å². The van der Waals surface area contributed by atoms with Crippen molar-refractivity contribution in [2.45, 2.75) is 19.9 Å². The Morgan fingerprint density at radius 3 is 2.77 bits per heavy atom. The first-order valence-electron chi connectivity index (χ1n) is 8.48. The van der Waals surface area contributed by atoms with Crippen LogP contribution in [0.25, 0.3) is 22.7 Å². The molecule has 7 heteroatoms. The highest BCUT2D eigenvalue weighted by atomic mass is 16.5. The van der Waals surface area contributed by atoms with E-state index in [1.54, 1.807) is 7.11 Å². The van der Waals surface area contributed by atoms with Crippen LogP contribution in [0.4, 0.5) is 0 Å². The van der Waals surface area contributed by atoms with Crippen LogP contribution in [0, 0.1) is 13.8 Å². The predicted molar refractivity (Wildman–Crippen MR) is 97.5 cm³/mol. The largest absolute Gasteiger partial charge is 0.476 e. The van der Waals surface area contributed by atoms with Gasteiger partial charge in [-0.15, -0.1) is 0 Å². The molecule has 26 heavy (non-hydrogen) atoms. The molecule has 0 saturated carbocycles. The number of nitrogens with one attached hydrogen (secondary N) is 1. The number of nitrogens with zero attached hydrogens (tertiary/aromatic N) is 3. The summed E-state index contributed by atoms with van der Waals surface area (Å²) in [4.78, 5) is 17.8. The highest BCUT2D eigenvalue weighted by Crippen LogP contribution is 2.25. The summed E-state index contributed by atoms with van der Waals surface area (Å²) in [7, 11) is 1.63. The van der Waals surface area contributed by atoms with Crippen LogP contribution in [0.5, 0.6) is 0 Å². The van der Waals surface area contributed by atoms with E-state index < -0.39 is 0 Å². The zero-order valence-corrected chi connectivity index (χ0v) is 14.9. The standard InChI is InChI=1S/C19H20N4O3/c1-11-16(18-21-14(9-25-3)10-26-18)19(24)23-17(20-11)15(12(2)22-23)13-7-5-4-6-8-13/h4-8,14,21H,9-10H2,1-3H3/t14-/m1/s1. The number of rotatable bonds is 3. The average molecular weight is 352 g/mol. The normalized spacial score (nSPS) is 18.8. The van der Waals surface area contributed by atoms with Crippen LogP contribution in [0.3, 0.4) is 0 Å². The van der Waals surface area contributed by atoms with Crippen molar-refractivity contribution < 1.29 is 9.47 Å². The number of hydrogen-bond acceptors (Lipinski definition) is 6. The number of hydrogen-bond donors (Lipinski definition) is 1. The van der Waals surface area contributed by atoms with Gasteiger partial charge in [-0.2, -0.15) is 9.61 Å². The lowest BCUT2D eigenvalue weighted by molar-refractivity contribution is 0.163. The molecule has 1 atom stereocenters. The van der Waals surface area contributed by atoms with Gasteiger partial charge in [-0.25, -0.2) is 4.98 Å². The van der Waals surface area contributed by atoms with E-state index in [1.165, 1.54) is 4.52 Å². The summed E-state index contributed by atoms with van der Waals surface area (Å²) in [5.41, 5.74) is 3.56. The minimum absolute atomic E-state index is 0.0173. The van der Waals surface area contributed by atoms with Gasteiger partial charge in [0.15, 0.2) is 5.65 Å². The SMILES string of the molecule is COC[C@@H]1COC(=c2c(C)nc3c(-c4ccccc4)c(C)nn3c2=O)N1. The van der Waals surface area contributed by atoms with E-state index >= 15 is 0 Å². The Bertz CT molecular complexity index is 1080. The van der Waals surface area contributed by atoms with Crippen LogP contribution in [0.15, 0.2) is 35.1 Å². The van der Waals surface area contributed by atoms with Gasteiger partial charge in [-0.3, -0.25) is 4.79 Å². The van der Waals surface area contributed by atoms with Crippen LogP contribution >= 0.6 is 0 Å². The lowest BCUT2D eigenvalue weighted by Gasteiger charge is -2.06. The molecule has 3 aromatic rings. The van der Waals surface area contributed by atoms with E-state index in [0.29, 0.717) is 35.7 Å². The van der Waals surface area contributed by atoms with Gasteiger partial charge in [-0.1, -0.05) is 30.3 Å². The molecule has 0 radical (unpaired) electrons. The minimum atomic E-state index is -0.238. The van der Waals surface area contributed by atoms with Crippen LogP contribution in [0.2, 0.25) is 0 Å². The molecule has 1 N–H and O–H groups in total. The van der Waals surface area contributed by atoms with Gasteiger partial charge in [0, 0.05) is 12.7 Å². The molecule has 2 aromatic heterocycles. The summed E-state index contributed by atoms with van der Waals surface area (Å²) < 4.78 is 12.2. The Morgan fingerprint density at radius 2 is 2.04 bits per heavy atom. The minimum Gasteiger partial charge on any atom is -0.476 e. The van der Waals surface area contributed by atoms with Crippen LogP contribution < -0.4 is 16.1 Å². The fourth-order valence-electron chi connectivity index (χ4n) is 3.33. The molecule has 0 aliphatic carbocycles. The molecule has 1 aliphatic rings. The molecule has 7 nitrogen and oxygen atoms in total. The number of aryl methyl sites for hydroxylation is 2. The van der Waals surface area contributed by atoms with Crippen LogP contribution in [-0.2, 0) is 9.47 Å². The molecule has 0 spiro atoms. The Hall–Kier alpha value is -2.93.